The molecule has 3 N–H and O–H groups in total. The molecule has 12 heteroatoms. The third-order valence-electron chi connectivity index (χ3n) is 9.55. The van der Waals surface area contributed by atoms with E-state index in [0.29, 0.717) is 22.7 Å². The molecule has 0 radical (unpaired) electrons. The molecule has 0 spiro atoms. The number of carboxylic acid groups (broad SMARTS) is 1. The van der Waals surface area contributed by atoms with Crippen molar-refractivity contribution in [1.29, 1.82) is 0 Å². The van der Waals surface area contributed by atoms with E-state index in [1.54, 1.807) is 6.92 Å². The Morgan fingerprint density at radius 1 is 0.980 bits per heavy atom. The maximum absolute atomic E-state index is 14.4. The molecule has 1 amide bonds. The number of nitrogens with zero attached hydrogens (tertiary/aromatic N) is 1. The van der Waals surface area contributed by atoms with Crippen LogP contribution in [0, 0.1) is 11.3 Å². The fourth-order valence-electron chi connectivity index (χ4n) is 6.71. The topological polar surface area (TPSA) is 150 Å². The third kappa shape index (κ3) is 10.1. The zero-order chi connectivity index (χ0) is 37.2. The number of nitrogens with one attached hydrogen (secondary N) is 1. The predicted octanol–water partition coefficient (Wildman–Crippen LogP) is 7.71. The van der Waals surface area contributed by atoms with Gasteiger partial charge in [0.15, 0.2) is 22.2 Å². The summed E-state index contributed by atoms with van der Waals surface area (Å²) in [6, 6.07) is 17.7. The van der Waals surface area contributed by atoms with Gasteiger partial charge in [-0.05, 0) is 61.4 Å². The van der Waals surface area contributed by atoms with Crippen LogP contribution in [0.4, 0.5) is 11.4 Å². The maximum atomic E-state index is 14.4. The summed E-state index contributed by atoms with van der Waals surface area (Å²) in [7, 11) is -3.81. The van der Waals surface area contributed by atoms with E-state index >= 15 is 0 Å². The van der Waals surface area contributed by atoms with Crippen LogP contribution in [0.15, 0.2) is 76.5 Å². The molecule has 276 valence electrons. The minimum Gasteiger partial charge on any atom is -0.508 e. The molecule has 3 aromatic carbocycles. The van der Waals surface area contributed by atoms with E-state index in [1.807, 2.05) is 42.7 Å². The van der Waals surface area contributed by atoms with Crippen LogP contribution in [-0.2, 0) is 24.2 Å². The lowest BCUT2D eigenvalue weighted by Gasteiger charge is -2.37. The lowest BCUT2D eigenvalue weighted by molar-refractivity contribution is -0.144. The first-order valence-electron chi connectivity index (χ1n) is 17.6. The van der Waals surface area contributed by atoms with Gasteiger partial charge in [-0.25, -0.2) is 8.42 Å². The minimum absolute atomic E-state index is 0.000390. The Bertz CT molecular complexity index is 1760. The van der Waals surface area contributed by atoms with Gasteiger partial charge in [-0.15, -0.1) is 11.8 Å². The summed E-state index contributed by atoms with van der Waals surface area (Å²) in [4.78, 5) is 41.3. The van der Waals surface area contributed by atoms with E-state index in [0.717, 1.165) is 44.2 Å². The average molecular weight is 739 g/mol. The molecular weight excluding hydrogens is 689 g/mol. The second-order valence-corrected chi connectivity index (χ2v) is 16.2. The van der Waals surface area contributed by atoms with Crippen molar-refractivity contribution in [2.24, 2.45) is 11.3 Å². The number of thioether (sulfide) groups is 1. The first-order valence-corrected chi connectivity index (χ1v) is 20.5. The molecule has 0 aromatic heterocycles. The van der Waals surface area contributed by atoms with Crippen LogP contribution < -0.4 is 15.0 Å². The van der Waals surface area contributed by atoms with Crippen molar-refractivity contribution in [3.63, 3.8) is 0 Å². The Hall–Kier alpha value is -4.03. The predicted molar refractivity (Wildman–Crippen MR) is 201 cm³/mol. The molecule has 1 aliphatic heterocycles. The number of carbonyl (C=O) groups is 3. The van der Waals surface area contributed by atoms with Crippen molar-refractivity contribution in [2.75, 3.05) is 30.1 Å². The number of Topliss-reactive ketones (excluding diaryl/α,β-unsaturated/α-hetero) is 1. The largest absolute Gasteiger partial charge is 0.508 e. The van der Waals surface area contributed by atoms with Gasteiger partial charge in [0.25, 0.3) is 5.91 Å². The Morgan fingerprint density at radius 3 is 2.20 bits per heavy atom. The number of aliphatic carboxylic acids is 1. The van der Waals surface area contributed by atoms with Crippen LogP contribution in [0.5, 0.6) is 11.5 Å². The molecule has 51 heavy (non-hydrogen) atoms. The van der Waals surface area contributed by atoms with Crippen LogP contribution >= 0.6 is 11.8 Å². The first-order chi connectivity index (χ1) is 24.4. The van der Waals surface area contributed by atoms with Crippen LogP contribution in [0.25, 0.3) is 0 Å². The van der Waals surface area contributed by atoms with Crippen molar-refractivity contribution < 1.29 is 37.8 Å². The van der Waals surface area contributed by atoms with Gasteiger partial charge in [0.1, 0.15) is 17.5 Å². The van der Waals surface area contributed by atoms with E-state index < -0.39 is 51.5 Å². The number of sulfone groups is 1. The van der Waals surface area contributed by atoms with Crippen molar-refractivity contribution in [3.05, 3.63) is 72.3 Å². The normalized spacial score (nSPS) is 16.0. The molecule has 1 aliphatic rings. The third-order valence-corrected chi connectivity index (χ3v) is 12.3. The number of benzene rings is 3. The quantitative estimate of drug-likeness (QED) is 0.111. The van der Waals surface area contributed by atoms with Crippen molar-refractivity contribution in [1.82, 2.24) is 5.32 Å². The number of amides is 1. The first kappa shape index (κ1) is 39.8. The van der Waals surface area contributed by atoms with E-state index in [1.165, 1.54) is 42.1 Å². The van der Waals surface area contributed by atoms with Crippen molar-refractivity contribution in [2.45, 2.75) is 88.0 Å². The van der Waals surface area contributed by atoms with Gasteiger partial charge in [-0.3, -0.25) is 14.4 Å². The highest BCUT2D eigenvalue weighted by Gasteiger charge is 2.42. The maximum Gasteiger partial charge on any atom is 0.306 e. The number of unbranched alkanes of at least 4 members (excludes halogenated alkanes) is 2. The molecule has 1 heterocycles. The van der Waals surface area contributed by atoms with Gasteiger partial charge in [-0.1, -0.05) is 76.8 Å². The molecule has 0 bridgehead atoms. The van der Waals surface area contributed by atoms with E-state index in [4.69, 9.17) is 4.74 Å². The van der Waals surface area contributed by atoms with Crippen molar-refractivity contribution >= 4 is 50.6 Å². The van der Waals surface area contributed by atoms with Gasteiger partial charge < -0.3 is 25.2 Å². The molecule has 0 fully saturated rings. The number of para-hydroxylation sites is 1. The lowest BCUT2D eigenvalue weighted by atomic mass is 9.79. The highest BCUT2D eigenvalue weighted by Crippen LogP contribution is 2.47. The Labute approximate surface area is 305 Å². The number of aromatic hydroxyl groups is 1. The number of hydrogen-bond donors (Lipinski definition) is 3. The molecular formula is C39H50N2O8S2. The number of phenols is 1. The van der Waals surface area contributed by atoms with E-state index in [2.05, 4.69) is 24.1 Å². The summed E-state index contributed by atoms with van der Waals surface area (Å²) >= 11 is 1.37. The van der Waals surface area contributed by atoms with Gasteiger partial charge in [0.05, 0.1) is 27.1 Å². The zero-order valence-corrected chi connectivity index (χ0v) is 31.5. The summed E-state index contributed by atoms with van der Waals surface area (Å²) in [6.07, 6.45) is 7.11. The number of rotatable bonds is 18. The average Bonchev–Trinajstić information content (AvgIpc) is 3.21. The Kier molecular flexibility index (Phi) is 14.0. The summed E-state index contributed by atoms with van der Waals surface area (Å²) in [6.45, 7) is 5.94. The molecule has 0 saturated heterocycles. The SMILES string of the molecule is CCCCC1(CCCC)CN(c2ccccc2)c2cc(SC)c(OCC(=O)NC(C(=O)C[C@@H](CC)C(=O)O)c3ccc(O)cc3)cc2S(=O)(=O)C1. The number of ketones is 1. The fraction of sp³-hybridized carbons (Fsp3) is 0.462. The fourth-order valence-corrected chi connectivity index (χ4v) is 9.37. The highest BCUT2D eigenvalue weighted by molar-refractivity contribution is 7.98. The molecule has 1 unspecified atom stereocenters. The smallest absolute Gasteiger partial charge is 0.306 e. The molecule has 4 rings (SSSR count). The van der Waals surface area contributed by atoms with Crippen LogP contribution in [0.1, 0.15) is 83.7 Å². The summed E-state index contributed by atoms with van der Waals surface area (Å²) < 4.78 is 34.8. The van der Waals surface area contributed by atoms with Crippen LogP contribution in [-0.4, -0.2) is 61.5 Å². The van der Waals surface area contributed by atoms with E-state index in [-0.39, 0.29) is 35.0 Å². The number of carboxylic acids is 1. The van der Waals surface area contributed by atoms with E-state index in [9.17, 15) is 33.0 Å². The second-order valence-electron chi connectivity index (χ2n) is 13.4. The Balaban J connectivity index is 1.68. The van der Waals surface area contributed by atoms with Gasteiger partial charge in [-0.2, -0.15) is 0 Å². The number of fused-ring (bicyclic) bond motifs is 1. The summed E-state index contributed by atoms with van der Waals surface area (Å²) in [5, 5.41) is 22.0. The second kappa shape index (κ2) is 17.9. The van der Waals surface area contributed by atoms with Crippen LogP contribution in [0.2, 0.25) is 0 Å². The molecule has 2 atom stereocenters. The molecule has 10 nitrogen and oxygen atoms in total. The number of hydrogen-bond acceptors (Lipinski definition) is 9. The van der Waals surface area contributed by atoms with Gasteiger partial charge >= 0.3 is 5.97 Å². The van der Waals surface area contributed by atoms with Gasteiger partial charge in [0.2, 0.25) is 0 Å². The summed E-state index contributed by atoms with van der Waals surface area (Å²) in [5.74, 6) is -2.98. The molecule has 0 saturated carbocycles. The van der Waals surface area contributed by atoms with Gasteiger partial charge in [0, 0.05) is 30.1 Å². The monoisotopic (exact) mass is 738 g/mol. The minimum atomic E-state index is -3.81. The standard InChI is InChI=1S/C39H50N2O8S2/c1-5-8-19-39(20-9-6-2)25-41(29-13-11-10-12-14-29)31-22-34(50-4)33(23-35(31)51(47,48)26-39)49-24-36(44)40-37(28-15-17-30(42)18-16-28)32(43)21-27(7-3)38(45)46/h10-18,22-23,27,37,42H,5-9,19-21,24-26H2,1-4H3,(H,40,44)(H,45,46)/t27-,37?/m1/s1. The number of ether oxygens (including phenoxy) is 1. The number of anilines is 2. The zero-order valence-electron chi connectivity index (χ0n) is 29.9. The number of phenolic OH excluding ortho intramolecular Hbond substituents is 1. The molecule has 3 aromatic rings. The lowest BCUT2D eigenvalue weighted by Crippen LogP contribution is -2.38. The highest BCUT2D eigenvalue weighted by atomic mass is 32.2. The van der Waals surface area contributed by atoms with Crippen LogP contribution in [0.3, 0.4) is 0 Å². The Morgan fingerprint density at radius 2 is 1.63 bits per heavy atom. The van der Waals surface area contributed by atoms with Crippen molar-refractivity contribution in [3.8, 4) is 11.5 Å². The number of carbonyl (C=O) groups excluding carboxylic acids is 2. The molecule has 0 aliphatic carbocycles. The summed E-state index contributed by atoms with van der Waals surface area (Å²) in [5.41, 5.74) is 1.38.